The van der Waals surface area contributed by atoms with Gasteiger partial charge in [-0.3, -0.25) is 4.79 Å². The maximum absolute atomic E-state index is 13.2. The van der Waals surface area contributed by atoms with E-state index in [9.17, 15) is 22.4 Å². The zero-order chi connectivity index (χ0) is 12.8. The van der Waals surface area contributed by atoms with Crippen LogP contribution in [-0.2, 0) is 10.7 Å². The average molecular weight is 310 g/mol. The molecule has 0 radical (unpaired) electrons. The molecule has 1 aromatic heterocycles. The first-order chi connectivity index (χ1) is 7.84. The molecule has 2 nitrogen and oxygen atoms in total. The van der Waals surface area contributed by atoms with Crippen molar-refractivity contribution < 1.29 is 22.4 Å². The third-order valence-electron chi connectivity index (χ3n) is 2.31. The van der Waals surface area contributed by atoms with Crippen LogP contribution in [0.4, 0.5) is 17.6 Å². The highest BCUT2D eigenvalue weighted by Crippen LogP contribution is 2.36. The molecule has 90 valence electrons. The van der Waals surface area contributed by atoms with Gasteiger partial charge in [-0.1, -0.05) is 0 Å². The van der Waals surface area contributed by atoms with Crippen LogP contribution in [-0.4, -0.2) is 11.0 Å². The molecule has 0 amide bonds. The third kappa shape index (κ3) is 1.84. The van der Waals surface area contributed by atoms with Gasteiger partial charge in [0, 0.05) is 17.1 Å². The van der Waals surface area contributed by atoms with E-state index in [1.165, 1.54) is 6.07 Å². The average Bonchev–Trinajstić information content (AvgIpc) is 2.62. The number of hydrogen-bond donors (Lipinski definition) is 1. The van der Waals surface area contributed by atoms with Crippen molar-refractivity contribution in [3.8, 4) is 0 Å². The maximum Gasteiger partial charge on any atom is 0.375 e. The second-order valence-corrected chi connectivity index (χ2v) is 4.22. The summed E-state index contributed by atoms with van der Waals surface area (Å²) in [5.41, 5.74) is -0.708. The minimum absolute atomic E-state index is 0.0771. The standard InChI is InChI=1S/C10H4BrF4NO/c11-6-2-8-4(1-7(6)12)5(3-16-8)10(14,15)9(13)17/h1-3,16H. The van der Waals surface area contributed by atoms with E-state index in [0.717, 1.165) is 12.3 Å². The van der Waals surface area contributed by atoms with Crippen molar-refractivity contribution in [2.24, 2.45) is 0 Å². The smallest absolute Gasteiger partial charge is 0.361 e. The van der Waals surface area contributed by atoms with Crippen LogP contribution in [0.25, 0.3) is 10.9 Å². The number of halogens is 5. The van der Waals surface area contributed by atoms with Gasteiger partial charge in [-0.15, -0.1) is 0 Å². The van der Waals surface area contributed by atoms with Gasteiger partial charge in [-0.25, -0.2) is 4.39 Å². The summed E-state index contributed by atoms with van der Waals surface area (Å²) in [4.78, 5) is 12.6. The zero-order valence-electron chi connectivity index (χ0n) is 8.03. The topological polar surface area (TPSA) is 32.9 Å². The Balaban J connectivity index is 2.73. The van der Waals surface area contributed by atoms with Crippen molar-refractivity contribution in [2.75, 3.05) is 0 Å². The fourth-order valence-corrected chi connectivity index (χ4v) is 1.83. The summed E-state index contributed by atoms with van der Waals surface area (Å²) < 4.78 is 51.9. The minimum atomic E-state index is -4.28. The Labute approximate surface area is 101 Å². The molecule has 7 heteroatoms. The van der Waals surface area contributed by atoms with Gasteiger partial charge in [0.15, 0.2) is 0 Å². The van der Waals surface area contributed by atoms with Crippen molar-refractivity contribution in [1.29, 1.82) is 0 Å². The number of carbonyl (C=O) groups is 1. The number of benzene rings is 1. The van der Waals surface area contributed by atoms with Crippen molar-refractivity contribution >= 4 is 32.9 Å². The summed E-state index contributed by atoms with van der Waals surface area (Å²) in [5.74, 6) is -5.06. The monoisotopic (exact) mass is 309 g/mol. The second-order valence-electron chi connectivity index (χ2n) is 3.36. The van der Waals surface area contributed by atoms with Gasteiger partial charge in [0.2, 0.25) is 0 Å². The van der Waals surface area contributed by atoms with E-state index < -0.39 is 23.3 Å². The Morgan fingerprint density at radius 3 is 2.59 bits per heavy atom. The van der Waals surface area contributed by atoms with Crippen LogP contribution in [0.5, 0.6) is 0 Å². The van der Waals surface area contributed by atoms with Gasteiger partial charge in [0.1, 0.15) is 5.82 Å². The summed E-state index contributed by atoms with van der Waals surface area (Å²) in [6.07, 6.45) is 0.786. The highest BCUT2D eigenvalue weighted by molar-refractivity contribution is 9.10. The quantitative estimate of drug-likeness (QED) is 0.666. The molecule has 0 aliphatic heterocycles. The predicted octanol–water partition coefficient (Wildman–Crippen LogP) is 3.66. The maximum atomic E-state index is 13.2. The van der Waals surface area contributed by atoms with Crippen molar-refractivity contribution in [2.45, 2.75) is 5.92 Å². The molecular formula is C10H4BrF4NO. The number of hydrogen-bond acceptors (Lipinski definition) is 1. The Morgan fingerprint density at radius 2 is 2.00 bits per heavy atom. The molecule has 0 saturated carbocycles. The second kappa shape index (κ2) is 3.83. The molecule has 0 aliphatic rings. The van der Waals surface area contributed by atoms with Crippen molar-refractivity contribution in [3.05, 3.63) is 34.2 Å². The molecule has 0 aliphatic carbocycles. The van der Waals surface area contributed by atoms with Gasteiger partial charge >= 0.3 is 12.0 Å². The predicted molar refractivity (Wildman–Crippen MR) is 56.0 cm³/mol. The summed E-state index contributed by atoms with van der Waals surface area (Å²) >= 11 is 2.88. The number of alkyl halides is 2. The largest absolute Gasteiger partial charge is 0.375 e. The lowest BCUT2D eigenvalue weighted by Crippen LogP contribution is -2.21. The fraction of sp³-hybridized carbons (Fsp3) is 0.100. The summed E-state index contributed by atoms with van der Waals surface area (Å²) in [7, 11) is 0. The van der Waals surface area contributed by atoms with Gasteiger partial charge < -0.3 is 4.98 Å². The Kier molecular flexibility index (Phi) is 2.73. The Bertz CT molecular complexity index is 608. The summed E-state index contributed by atoms with van der Waals surface area (Å²) in [5, 5.41) is -0.235. The molecule has 0 fully saturated rings. The first-order valence-corrected chi connectivity index (χ1v) is 5.17. The van der Waals surface area contributed by atoms with Crippen LogP contribution in [0, 0.1) is 5.82 Å². The first kappa shape index (κ1) is 12.1. The van der Waals surface area contributed by atoms with E-state index in [-0.39, 0.29) is 15.4 Å². The van der Waals surface area contributed by atoms with E-state index in [4.69, 9.17) is 0 Å². The zero-order valence-corrected chi connectivity index (χ0v) is 9.62. The highest BCUT2D eigenvalue weighted by atomic mass is 79.9. The van der Waals surface area contributed by atoms with Gasteiger partial charge in [-0.2, -0.15) is 13.2 Å². The van der Waals surface area contributed by atoms with Crippen LogP contribution >= 0.6 is 15.9 Å². The Morgan fingerprint density at radius 1 is 1.35 bits per heavy atom. The van der Waals surface area contributed by atoms with Crippen LogP contribution in [0.2, 0.25) is 0 Å². The van der Waals surface area contributed by atoms with Gasteiger partial charge in [0.05, 0.1) is 10.0 Å². The molecular weight excluding hydrogens is 306 g/mol. The molecule has 2 rings (SSSR count). The molecule has 2 aromatic rings. The minimum Gasteiger partial charge on any atom is -0.361 e. The number of aromatic amines is 1. The molecule has 1 N–H and O–H groups in total. The van der Waals surface area contributed by atoms with E-state index in [1.54, 1.807) is 0 Å². The number of rotatable bonds is 2. The SMILES string of the molecule is O=C(F)C(F)(F)c1c[nH]c2cc(Br)c(F)cc12. The number of fused-ring (bicyclic) bond motifs is 1. The lowest BCUT2D eigenvalue weighted by molar-refractivity contribution is -0.156. The highest BCUT2D eigenvalue weighted by Gasteiger charge is 2.43. The molecule has 0 saturated heterocycles. The van der Waals surface area contributed by atoms with Crippen LogP contribution in [0.1, 0.15) is 5.56 Å². The van der Waals surface area contributed by atoms with Crippen LogP contribution < -0.4 is 0 Å². The van der Waals surface area contributed by atoms with Gasteiger partial charge in [-0.05, 0) is 28.1 Å². The number of nitrogens with one attached hydrogen (secondary N) is 1. The number of H-pyrrole nitrogens is 1. The van der Waals surface area contributed by atoms with Gasteiger partial charge in [0.25, 0.3) is 0 Å². The van der Waals surface area contributed by atoms with Crippen molar-refractivity contribution in [3.63, 3.8) is 0 Å². The molecule has 0 unspecified atom stereocenters. The fourth-order valence-electron chi connectivity index (χ4n) is 1.48. The lowest BCUT2D eigenvalue weighted by atomic mass is 10.1. The number of carbonyl (C=O) groups excluding carboxylic acids is 1. The first-order valence-electron chi connectivity index (χ1n) is 4.38. The summed E-state index contributed by atoms with van der Waals surface area (Å²) in [6.45, 7) is 0. The van der Waals surface area contributed by atoms with E-state index >= 15 is 0 Å². The van der Waals surface area contributed by atoms with Crippen molar-refractivity contribution in [1.82, 2.24) is 4.98 Å². The molecule has 17 heavy (non-hydrogen) atoms. The van der Waals surface area contributed by atoms with Crippen LogP contribution in [0.3, 0.4) is 0 Å². The van der Waals surface area contributed by atoms with Crippen LogP contribution in [0.15, 0.2) is 22.8 Å². The molecule has 0 atom stereocenters. The lowest BCUT2D eigenvalue weighted by Gasteiger charge is -2.08. The summed E-state index contributed by atoms with van der Waals surface area (Å²) in [6, 6.07) is -0.739. The third-order valence-corrected chi connectivity index (χ3v) is 2.92. The molecule has 1 heterocycles. The Hall–Kier alpha value is -1.37. The van der Waals surface area contributed by atoms with E-state index in [1.807, 2.05) is 0 Å². The molecule has 0 bridgehead atoms. The molecule has 1 aromatic carbocycles. The molecule has 0 spiro atoms. The van der Waals surface area contributed by atoms with E-state index in [0.29, 0.717) is 0 Å². The normalized spacial score (nSPS) is 12.1. The van der Waals surface area contributed by atoms with E-state index in [2.05, 4.69) is 20.9 Å². The number of aromatic nitrogens is 1.